The summed E-state index contributed by atoms with van der Waals surface area (Å²) in [6.45, 7) is 43.0. The van der Waals surface area contributed by atoms with Gasteiger partial charge in [0, 0.05) is 61.4 Å². The van der Waals surface area contributed by atoms with Crippen molar-refractivity contribution < 1.29 is 4.42 Å². The molecule has 0 spiro atoms. The molecule has 0 fully saturated rings. The third-order valence-electron chi connectivity index (χ3n) is 20.8. The molecule has 3 heterocycles. The van der Waals surface area contributed by atoms with Gasteiger partial charge in [-0.05, 0) is 173 Å². The van der Waals surface area contributed by atoms with Gasteiger partial charge in [0.25, 0.3) is 6.71 Å². The summed E-state index contributed by atoms with van der Waals surface area (Å²) < 4.78 is 7.20. The maximum absolute atomic E-state index is 7.20. The fraction of sp³-hybridized carbons (Fsp3) is 0.350. The molecular weight excluding hydrogens is 1030 g/mol. The van der Waals surface area contributed by atoms with Crippen molar-refractivity contribution in [1.29, 1.82) is 0 Å². The Balaban J connectivity index is 1.14. The van der Waals surface area contributed by atoms with E-state index in [-0.39, 0.29) is 50.7 Å². The second-order valence-electron chi connectivity index (χ2n) is 31.4. The lowest BCUT2D eigenvalue weighted by Gasteiger charge is -2.47. The molecule has 1 unspecified atom stereocenters. The van der Waals surface area contributed by atoms with Crippen molar-refractivity contribution in [3.8, 4) is 0 Å². The molecule has 0 radical (unpaired) electrons. The number of hydrogen-bond donors (Lipinski definition) is 0. The van der Waals surface area contributed by atoms with Gasteiger partial charge in [-0.1, -0.05) is 227 Å². The van der Waals surface area contributed by atoms with E-state index in [1.165, 1.54) is 106 Å². The Bertz CT molecular complexity index is 4340. The number of fused-ring (bicyclic) bond motifs is 10. The van der Waals surface area contributed by atoms with Gasteiger partial charge in [-0.3, -0.25) is 0 Å². The van der Waals surface area contributed by atoms with E-state index in [1.807, 2.05) is 0 Å². The van der Waals surface area contributed by atoms with Crippen molar-refractivity contribution in [2.45, 2.75) is 176 Å². The van der Waals surface area contributed by atoms with Gasteiger partial charge in [0.2, 0.25) is 0 Å². The van der Waals surface area contributed by atoms with Gasteiger partial charge in [-0.2, -0.15) is 0 Å². The lowest BCUT2D eigenvalue weighted by Crippen LogP contribution is -2.62. The van der Waals surface area contributed by atoms with E-state index in [4.69, 9.17) is 4.42 Å². The van der Waals surface area contributed by atoms with Crippen LogP contribution in [-0.4, -0.2) is 12.8 Å². The van der Waals surface area contributed by atoms with Crippen LogP contribution in [0, 0.1) is 12.3 Å². The van der Waals surface area contributed by atoms with Gasteiger partial charge in [0.15, 0.2) is 5.58 Å². The number of aryl methyl sites for hydroxylation is 1. The van der Waals surface area contributed by atoms with Gasteiger partial charge in [-0.25, -0.2) is 0 Å². The lowest BCUT2D eigenvalue weighted by atomic mass is 9.33. The highest BCUT2D eigenvalue weighted by Crippen LogP contribution is 2.57. The van der Waals surface area contributed by atoms with E-state index in [1.54, 1.807) is 0 Å². The molecular formula is C80H86BN3O. The summed E-state index contributed by atoms with van der Waals surface area (Å²) in [5.41, 5.74) is 28.4. The number of para-hydroxylation sites is 2. The first-order valence-electron chi connectivity index (χ1n) is 31.5. The standard InChI is InChI=1S/C80H86BN3O/c1-48-40-61-62(80(17,18)58-27-21-20-26-57(58)79(61,15)16)46-67(48)83-65-39-34-51(76(8,9)10)41-63(65)81-64-44-59-60(78(13,14)47-77(59,11)12)45-68(64)84(66-28-23-25-56-55-24-19-22-29-71(55)85-73(56)66)70-43-54(42-69(83)72(70)81)82(52-35-30-49(31-36-52)74(2,3)4)53-37-32-50(33-38-53)75(5,6)7/h19-37,39-46,53H,38,47H2,1-18H3. The molecule has 0 amide bonds. The van der Waals surface area contributed by atoms with Crippen LogP contribution in [0.15, 0.2) is 174 Å². The largest absolute Gasteiger partial charge is 0.454 e. The van der Waals surface area contributed by atoms with Crippen LogP contribution in [0.25, 0.3) is 21.9 Å². The topological polar surface area (TPSA) is 22.9 Å². The summed E-state index contributed by atoms with van der Waals surface area (Å²) >= 11 is 0. The van der Waals surface area contributed by atoms with Gasteiger partial charge < -0.3 is 19.1 Å². The second-order valence-corrected chi connectivity index (χ2v) is 31.4. The zero-order valence-corrected chi connectivity index (χ0v) is 53.9. The molecule has 85 heavy (non-hydrogen) atoms. The van der Waals surface area contributed by atoms with Crippen molar-refractivity contribution in [3.63, 3.8) is 0 Å². The number of benzene rings is 8. The van der Waals surface area contributed by atoms with Crippen LogP contribution in [0.2, 0.25) is 0 Å². The fourth-order valence-corrected chi connectivity index (χ4v) is 16.3. The predicted octanol–water partition coefficient (Wildman–Crippen LogP) is 19.9. The summed E-state index contributed by atoms with van der Waals surface area (Å²) in [5, 5.41) is 2.25. The Kier molecular flexibility index (Phi) is 11.9. The van der Waals surface area contributed by atoms with E-state index < -0.39 is 0 Å². The third-order valence-corrected chi connectivity index (χ3v) is 20.8. The molecule has 0 saturated heterocycles. The second kappa shape index (κ2) is 18.3. The quantitative estimate of drug-likeness (QED) is 0.160. The Labute approximate surface area is 507 Å². The van der Waals surface area contributed by atoms with Crippen LogP contribution in [0.1, 0.15) is 181 Å². The minimum Gasteiger partial charge on any atom is -0.454 e. The van der Waals surface area contributed by atoms with Gasteiger partial charge in [0.05, 0.1) is 11.7 Å². The van der Waals surface area contributed by atoms with Crippen molar-refractivity contribution in [1.82, 2.24) is 0 Å². The monoisotopic (exact) mass is 1120 g/mol. The minimum atomic E-state index is -0.257. The van der Waals surface area contributed by atoms with Gasteiger partial charge in [-0.15, -0.1) is 0 Å². The highest BCUT2D eigenvalue weighted by molar-refractivity contribution is 7.00. The van der Waals surface area contributed by atoms with Crippen molar-refractivity contribution in [3.05, 3.63) is 219 Å². The zero-order valence-electron chi connectivity index (χ0n) is 53.9. The summed E-state index contributed by atoms with van der Waals surface area (Å²) in [4.78, 5) is 8.02. The van der Waals surface area contributed by atoms with Gasteiger partial charge in [0.1, 0.15) is 5.58 Å². The number of nitrogens with zero attached hydrogens (tertiary/aromatic N) is 3. The van der Waals surface area contributed by atoms with Crippen LogP contribution < -0.4 is 31.1 Å². The first-order valence-corrected chi connectivity index (χ1v) is 31.5. The van der Waals surface area contributed by atoms with E-state index in [0.717, 1.165) is 46.2 Å². The fourth-order valence-electron chi connectivity index (χ4n) is 16.3. The molecule has 8 aromatic carbocycles. The van der Waals surface area contributed by atoms with Crippen molar-refractivity contribution in [2.75, 3.05) is 14.7 Å². The molecule has 4 nitrogen and oxygen atoms in total. The average Bonchev–Trinajstić information content (AvgIpc) is 1.43. The summed E-state index contributed by atoms with van der Waals surface area (Å²) in [6.07, 6.45) is 9.34. The zero-order chi connectivity index (χ0) is 60.0. The molecule has 5 heteroatoms. The van der Waals surface area contributed by atoms with Crippen molar-refractivity contribution >= 4 is 90.5 Å². The van der Waals surface area contributed by atoms with Crippen LogP contribution in [-0.2, 0) is 32.5 Å². The number of furan rings is 1. The summed E-state index contributed by atoms with van der Waals surface area (Å²) in [7, 11) is 0. The Morgan fingerprint density at radius 2 is 1.05 bits per heavy atom. The molecule has 0 N–H and O–H groups in total. The molecule has 0 saturated carbocycles. The molecule has 1 aromatic heterocycles. The highest BCUT2D eigenvalue weighted by Gasteiger charge is 2.50. The molecule has 2 aliphatic heterocycles. The number of rotatable bonds is 5. The molecule has 430 valence electrons. The number of allylic oxidation sites excluding steroid dienone is 2. The van der Waals surface area contributed by atoms with E-state index >= 15 is 0 Å². The maximum atomic E-state index is 7.20. The number of anilines is 8. The van der Waals surface area contributed by atoms with Crippen LogP contribution in [0.4, 0.5) is 45.5 Å². The van der Waals surface area contributed by atoms with Crippen LogP contribution in [0.3, 0.4) is 0 Å². The van der Waals surface area contributed by atoms with Crippen molar-refractivity contribution in [2.24, 2.45) is 5.41 Å². The third kappa shape index (κ3) is 8.35. The van der Waals surface area contributed by atoms with E-state index in [9.17, 15) is 0 Å². The molecule has 0 bridgehead atoms. The van der Waals surface area contributed by atoms with E-state index in [0.29, 0.717) is 0 Å². The Hall–Kier alpha value is -7.50. The molecule has 9 aromatic rings. The molecule has 14 rings (SSSR count). The predicted molar refractivity (Wildman–Crippen MR) is 365 cm³/mol. The SMILES string of the molecule is Cc1cc2c(cc1N1c3ccc(C(C)(C)C)cc3B3c4cc5c(cc4N(c4cccc6c4oc4ccccc46)c4cc(N(c6ccc(C(C)(C)C)cc6)C6C=CC(C(C)(C)C)=CC6)cc1c43)C(C)(C)CC5(C)C)C(C)(C)c1ccccc1C2(C)C. The number of hydrogen-bond acceptors (Lipinski definition) is 4. The van der Waals surface area contributed by atoms with Gasteiger partial charge >= 0.3 is 0 Å². The van der Waals surface area contributed by atoms with Crippen LogP contribution in [0.5, 0.6) is 0 Å². The lowest BCUT2D eigenvalue weighted by molar-refractivity contribution is 0.403. The Morgan fingerprint density at radius 3 is 1.67 bits per heavy atom. The highest BCUT2D eigenvalue weighted by atomic mass is 16.3. The summed E-state index contributed by atoms with van der Waals surface area (Å²) in [5.74, 6) is 0. The normalized spacial score (nSPS) is 18.6. The molecule has 5 aliphatic rings. The first-order chi connectivity index (χ1) is 39.9. The van der Waals surface area contributed by atoms with E-state index in [2.05, 4.69) is 303 Å². The average molecular weight is 1120 g/mol. The Morgan fingerprint density at radius 1 is 0.482 bits per heavy atom. The summed E-state index contributed by atoms with van der Waals surface area (Å²) in [6, 6.07) is 57.3. The first kappa shape index (κ1) is 55.4. The molecule has 3 aliphatic carbocycles. The maximum Gasteiger partial charge on any atom is 0.252 e. The molecule has 1 atom stereocenters. The minimum absolute atomic E-state index is 0.00167. The smallest absolute Gasteiger partial charge is 0.252 e. The van der Waals surface area contributed by atoms with Crippen LogP contribution >= 0.6 is 0 Å².